The maximum atomic E-state index is 12.5. The first-order valence-electron chi connectivity index (χ1n) is 9.28. The monoisotopic (exact) mass is 368 g/mol. The summed E-state index contributed by atoms with van der Waals surface area (Å²) in [6.45, 7) is 5.31. The average molecular weight is 369 g/mol. The lowest BCUT2D eigenvalue weighted by Gasteiger charge is -2.30. The third-order valence-corrected chi connectivity index (χ3v) is 6.31. The Morgan fingerprint density at radius 1 is 1.40 bits per heavy atom. The van der Waals surface area contributed by atoms with Gasteiger partial charge in [-0.1, -0.05) is 31.5 Å². The number of carbonyl (C=O) groups excluding carboxylic acids is 1. The SMILES string of the molecule is CC(Sc1n[nH]c(=O)n1CC1CCCO1)C(=O)NC1CCCCC1C. The second-order valence-electron chi connectivity index (χ2n) is 7.19. The van der Waals surface area contributed by atoms with Crippen molar-refractivity contribution < 1.29 is 9.53 Å². The lowest BCUT2D eigenvalue weighted by Crippen LogP contribution is -2.44. The first kappa shape index (κ1) is 18.5. The fourth-order valence-corrected chi connectivity index (χ4v) is 4.46. The summed E-state index contributed by atoms with van der Waals surface area (Å²) in [6.07, 6.45) is 6.69. The number of H-pyrrole nitrogens is 1. The second-order valence-corrected chi connectivity index (χ2v) is 8.50. The highest BCUT2D eigenvalue weighted by molar-refractivity contribution is 8.00. The number of aromatic amines is 1. The highest BCUT2D eigenvalue weighted by atomic mass is 32.2. The van der Waals surface area contributed by atoms with Crippen LogP contribution in [0.25, 0.3) is 0 Å². The molecule has 25 heavy (non-hydrogen) atoms. The van der Waals surface area contributed by atoms with Crippen LogP contribution in [0.3, 0.4) is 0 Å². The standard InChI is InChI=1S/C17H28N4O3S/c1-11-6-3-4-8-14(11)18-15(22)12(2)25-17-20-19-16(23)21(17)10-13-7-5-9-24-13/h11-14H,3-10H2,1-2H3,(H,18,22)(H,19,23). The van der Waals surface area contributed by atoms with Crippen molar-refractivity contribution in [3.8, 4) is 0 Å². The van der Waals surface area contributed by atoms with Crippen LogP contribution in [0.4, 0.5) is 0 Å². The Hall–Kier alpha value is -1.28. The third kappa shape index (κ3) is 4.67. The quantitative estimate of drug-likeness (QED) is 0.749. The number of thioether (sulfide) groups is 1. The predicted molar refractivity (Wildman–Crippen MR) is 96.7 cm³/mol. The molecule has 1 aliphatic heterocycles. The highest BCUT2D eigenvalue weighted by Gasteiger charge is 2.27. The molecule has 4 atom stereocenters. The Balaban J connectivity index is 1.59. The average Bonchev–Trinajstić information content (AvgIpc) is 3.22. The number of amides is 1. The summed E-state index contributed by atoms with van der Waals surface area (Å²) in [5, 5.41) is 10.0. The molecule has 2 fully saturated rings. The molecular weight excluding hydrogens is 340 g/mol. The van der Waals surface area contributed by atoms with Gasteiger partial charge in [-0.15, -0.1) is 5.10 Å². The Bertz CT molecular complexity index is 638. The van der Waals surface area contributed by atoms with Crippen molar-refractivity contribution in [3.05, 3.63) is 10.5 Å². The van der Waals surface area contributed by atoms with Crippen LogP contribution in [-0.4, -0.2) is 44.7 Å². The van der Waals surface area contributed by atoms with Gasteiger partial charge in [0.1, 0.15) is 0 Å². The molecule has 0 bridgehead atoms. The smallest absolute Gasteiger partial charge is 0.344 e. The minimum atomic E-state index is -0.299. The van der Waals surface area contributed by atoms with Crippen LogP contribution in [-0.2, 0) is 16.1 Å². The zero-order valence-corrected chi connectivity index (χ0v) is 15.8. The molecule has 1 saturated carbocycles. The van der Waals surface area contributed by atoms with Crippen LogP contribution >= 0.6 is 11.8 Å². The lowest BCUT2D eigenvalue weighted by molar-refractivity contribution is -0.121. The zero-order chi connectivity index (χ0) is 17.8. The summed E-state index contributed by atoms with van der Waals surface area (Å²) in [7, 11) is 0. The molecule has 3 rings (SSSR count). The molecule has 1 aromatic rings. The minimum absolute atomic E-state index is 0.0165. The van der Waals surface area contributed by atoms with Crippen LogP contribution in [0.2, 0.25) is 0 Å². The van der Waals surface area contributed by atoms with E-state index in [0.29, 0.717) is 17.6 Å². The van der Waals surface area contributed by atoms with E-state index in [2.05, 4.69) is 22.4 Å². The van der Waals surface area contributed by atoms with Gasteiger partial charge in [-0.05, 0) is 38.5 Å². The Morgan fingerprint density at radius 3 is 2.92 bits per heavy atom. The van der Waals surface area contributed by atoms with Gasteiger partial charge in [-0.3, -0.25) is 9.36 Å². The van der Waals surface area contributed by atoms with Crippen LogP contribution in [0.1, 0.15) is 52.4 Å². The first-order chi connectivity index (χ1) is 12.0. The van der Waals surface area contributed by atoms with Gasteiger partial charge in [0.15, 0.2) is 5.16 Å². The molecule has 2 aliphatic rings. The van der Waals surface area contributed by atoms with E-state index in [1.165, 1.54) is 31.0 Å². The van der Waals surface area contributed by atoms with Gasteiger partial charge in [0.2, 0.25) is 5.91 Å². The van der Waals surface area contributed by atoms with Crippen LogP contribution in [0.15, 0.2) is 9.95 Å². The van der Waals surface area contributed by atoms with Crippen LogP contribution < -0.4 is 11.0 Å². The van der Waals surface area contributed by atoms with Gasteiger partial charge in [0, 0.05) is 12.6 Å². The maximum absolute atomic E-state index is 12.5. The van der Waals surface area contributed by atoms with Crippen molar-refractivity contribution in [3.63, 3.8) is 0 Å². The Kier molecular flexibility index (Phi) is 6.22. The molecule has 1 aromatic heterocycles. The van der Waals surface area contributed by atoms with E-state index >= 15 is 0 Å². The first-order valence-corrected chi connectivity index (χ1v) is 10.2. The molecule has 0 spiro atoms. The molecule has 4 unspecified atom stereocenters. The topological polar surface area (TPSA) is 89.0 Å². The molecule has 7 nitrogen and oxygen atoms in total. The second kappa shape index (κ2) is 8.40. The van der Waals surface area contributed by atoms with Gasteiger partial charge in [-0.2, -0.15) is 0 Å². The van der Waals surface area contributed by atoms with E-state index < -0.39 is 0 Å². The molecule has 0 radical (unpaired) electrons. The van der Waals surface area contributed by atoms with E-state index in [9.17, 15) is 9.59 Å². The van der Waals surface area contributed by atoms with Gasteiger partial charge in [0.25, 0.3) is 0 Å². The van der Waals surface area contributed by atoms with Crippen LogP contribution in [0, 0.1) is 5.92 Å². The highest BCUT2D eigenvalue weighted by Crippen LogP contribution is 2.26. The van der Waals surface area contributed by atoms with Crippen molar-refractivity contribution in [2.75, 3.05) is 6.61 Å². The van der Waals surface area contributed by atoms with E-state index in [-0.39, 0.29) is 29.0 Å². The number of aromatic nitrogens is 3. The number of nitrogens with zero attached hydrogens (tertiary/aromatic N) is 2. The summed E-state index contributed by atoms with van der Waals surface area (Å²) in [4.78, 5) is 24.6. The fourth-order valence-electron chi connectivity index (χ4n) is 3.59. The summed E-state index contributed by atoms with van der Waals surface area (Å²) in [5.41, 5.74) is -0.244. The summed E-state index contributed by atoms with van der Waals surface area (Å²) in [6, 6.07) is 0.262. The zero-order valence-electron chi connectivity index (χ0n) is 15.0. The van der Waals surface area contributed by atoms with E-state index in [1.807, 2.05) is 6.92 Å². The van der Waals surface area contributed by atoms with Gasteiger partial charge < -0.3 is 10.1 Å². The van der Waals surface area contributed by atoms with E-state index in [1.54, 1.807) is 4.57 Å². The molecule has 2 N–H and O–H groups in total. The van der Waals surface area contributed by atoms with Crippen molar-refractivity contribution >= 4 is 17.7 Å². The lowest BCUT2D eigenvalue weighted by atomic mass is 9.86. The van der Waals surface area contributed by atoms with Crippen molar-refractivity contribution in [1.82, 2.24) is 20.1 Å². The number of rotatable bonds is 6. The molecule has 8 heteroatoms. The van der Waals surface area contributed by atoms with Gasteiger partial charge in [-0.25, -0.2) is 9.89 Å². The molecular formula is C17H28N4O3S. The molecule has 2 heterocycles. The number of ether oxygens (including phenoxy) is 1. The molecule has 140 valence electrons. The summed E-state index contributed by atoms with van der Waals surface area (Å²) < 4.78 is 7.20. The van der Waals surface area contributed by atoms with Crippen LogP contribution in [0.5, 0.6) is 0 Å². The number of hydrogen-bond acceptors (Lipinski definition) is 5. The third-order valence-electron chi connectivity index (χ3n) is 5.22. The van der Waals surface area contributed by atoms with Crippen molar-refractivity contribution in [2.45, 2.75) is 81.5 Å². The van der Waals surface area contributed by atoms with E-state index in [4.69, 9.17) is 4.74 Å². The Morgan fingerprint density at radius 2 is 2.20 bits per heavy atom. The molecule has 1 amide bonds. The van der Waals surface area contributed by atoms with E-state index in [0.717, 1.165) is 25.9 Å². The fraction of sp³-hybridized carbons (Fsp3) is 0.824. The Labute approximate surface area is 152 Å². The number of carbonyl (C=O) groups is 1. The van der Waals surface area contributed by atoms with Gasteiger partial charge in [0.05, 0.1) is 17.9 Å². The molecule has 1 saturated heterocycles. The van der Waals surface area contributed by atoms with Crippen molar-refractivity contribution in [1.29, 1.82) is 0 Å². The summed E-state index contributed by atoms with van der Waals surface area (Å²) in [5.74, 6) is 0.542. The van der Waals surface area contributed by atoms with Gasteiger partial charge >= 0.3 is 5.69 Å². The molecule has 0 aromatic carbocycles. The predicted octanol–water partition coefficient (Wildman–Crippen LogP) is 1.93. The maximum Gasteiger partial charge on any atom is 0.344 e. The number of hydrogen-bond donors (Lipinski definition) is 2. The van der Waals surface area contributed by atoms with Crippen molar-refractivity contribution in [2.24, 2.45) is 5.92 Å². The largest absolute Gasteiger partial charge is 0.376 e. The number of nitrogens with one attached hydrogen (secondary N) is 2. The normalized spacial score (nSPS) is 28.0. The molecule has 1 aliphatic carbocycles. The summed E-state index contributed by atoms with van der Waals surface area (Å²) >= 11 is 1.33. The minimum Gasteiger partial charge on any atom is -0.376 e.